The van der Waals surface area contributed by atoms with Crippen molar-refractivity contribution >= 4 is 44.7 Å². The van der Waals surface area contributed by atoms with Gasteiger partial charge in [-0.3, -0.25) is 9.48 Å². The molecule has 4 rings (SSSR count). The molecule has 0 bridgehead atoms. The molecule has 0 unspecified atom stereocenters. The first-order valence-corrected chi connectivity index (χ1v) is 9.32. The fraction of sp³-hybridized carbons (Fsp3) is 0.100. The van der Waals surface area contributed by atoms with Crippen molar-refractivity contribution < 1.29 is 4.79 Å². The van der Waals surface area contributed by atoms with Crippen LogP contribution in [0.5, 0.6) is 0 Å². The maximum Gasteiger partial charge on any atom is 0.265 e. The van der Waals surface area contributed by atoms with Gasteiger partial charge >= 0.3 is 0 Å². The normalized spacial score (nSPS) is 11.0. The van der Waals surface area contributed by atoms with E-state index in [1.165, 1.54) is 11.3 Å². The summed E-state index contributed by atoms with van der Waals surface area (Å²) in [6, 6.07) is 17.2. The van der Waals surface area contributed by atoms with Crippen LogP contribution in [0.1, 0.15) is 15.2 Å². The Morgan fingerprint density at radius 2 is 1.88 bits per heavy atom. The van der Waals surface area contributed by atoms with Crippen LogP contribution in [0.2, 0.25) is 5.02 Å². The number of anilines is 1. The van der Waals surface area contributed by atoms with E-state index in [0.717, 1.165) is 32.7 Å². The quantitative estimate of drug-likeness (QED) is 0.508. The third kappa shape index (κ3) is 3.00. The van der Waals surface area contributed by atoms with Crippen LogP contribution in [-0.2, 0) is 7.05 Å². The third-order valence-electron chi connectivity index (χ3n) is 4.25. The highest BCUT2D eigenvalue weighted by atomic mass is 35.5. The Morgan fingerprint density at radius 1 is 1.15 bits per heavy atom. The molecule has 0 fully saturated rings. The molecular weight excluding hydrogens is 366 g/mol. The molecule has 6 heteroatoms. The van der Waals surface area contributed by atoms with Gasteiger partial charge in [-0.15, -0.1) is 11.3 Å². The third-order valence-corrected chi connectivity index (χ3v) is 5.70. The molecule has 0 atom stereocenters. The number of hydrogen-bond donors (Lipinski definition) is 1. The van der Waals surface area contributed by atoms with Gasteiger partial charge in [0.1, 0.15) is 10.5 Å². The molecule has 2 aromatic carbocycles. The SMILES string of the molecule is Cc1ccccc1NC(=O)c1cc2c(-c3ccc(Cl)cc3)nn(C)c2s1. The average Bonchev–Trinajstić information content (AvgIpc) is 3.19. The lowest BCUT2D eigenvalue weighted by Crippen LogP contribution is -2.11. The molecular formula is C20H16ClN3OS. The lowest BCUT2D eigenvalue weighted by atomic mass is 10.1. The molecule has 2 heterocycles. The van der Waals surface area contributed by atoms with E-state index >= 15 is 0 Å². The zero-order chi connectivity index (χ0) is 18.3. The molecule has 26 heavy (non-hydrogen) atoms. The number of thiophene rings is 1. The summed E-state index contributed by atoms with van der Waals surface area (Å²) in [6.07, 6.45) is 0. The molecule has 130 valence electrons. The fourth-order valence-electron chi connectivity index (χ4n) is 2.87. The molecule has 4 nitrogen and oxygen atoms in total. The van der Waals surface area contributed by atoms with Gasteiger partial charge in [-0.2, -0.15) is 5.10 Å². The number of carbonyl (C=O) groups excluding carboxylic acids is 1. The van der Waals surface area contributed by atoms with Crippen molar-refractivity contribution in [1.29, 1.82) is 0 Å². The smallest absolute Gasteiger partial charge is 0.265 e. The van der Waals surface area contributed by atoms with Crippen molar-refractivity contribution in [3.63, 3.8) is 0 Å². The van der Waals surface area contributed by atoms with Crippen LogP contribution in [0, 0.1) is 6.92 Å². The van der Waals surface area contributed by atoms with Crippen LogP contribution in [0.3, 0.4) is 0 Å². The minimum atomic E-state index is -0.109. The number of amides is 1. The number of aryl methyl sites for hydroxylation is 2. The highest BCUT2D eigenvalue weighted by molar-refractivity contribution is 7.20. The highest BCUT2D eigenvalue weighted by Gasteiger charge is 2.18. The summed E-state index contributed by atoms with van der Waals surface area (Å²) in [5.74, 6) is -0.109. The topological polar surface area (TPSA) is 46.9 Å². The number of benzene rings is 2. The number of rotatable bonds is 3. The van der Waals surface area contributed by atoms with Gasteiger partial charge in [0.05, 0.1) is 4.88 Å². The summed E-state index contributed by atoms with van der Waals surface area (Å²) < 4.78 is 1.81. The molecule has 0 spiro atoms. The molecule has 4 aromatic rings. The fourth-order valence-corrected chi connectivity index (χ4v) is 3.96. The van der Waals surface area contributed by atoms with Crippen molar-refractivity contribution in [3.8, 4) is 11.3 Å². The van der Waals surface area contributed by atoms with Crippen molar-refractivity contribution in [2.75, 3.05) is 5.32 Å². The van der Waals surface area contributed by atoms with Crippen molar-refractivity contribution in [3.05, 3.63) is 70.1 Å². The number of nitrogens with zero attached hydrogens (tertiary/aromatic N) is 2. The zero-order valence-corrected chi connectivity index (χ0v) is 15.9. The van der Waals surface area contributed by atoms with E-state index in [-0.39, 0.29) is 5.91 Å². The van der Waals surface area contributed by atoms with Gasteiger partial charge in [0.2, 0.25) is 0 Å². The van der Waals surface area contributed by atoms with Gasteiger partial charge < -0.3 is 5.32 Å². The van der Waals surface area contributed by atoms with E-state index in [1.807, 2.05) is 73.3 Å². The number of nitrogens with one attached hydrogen (secondary N) is 1. The molecule has 1 N–H and O–H groups in total. The minimum absolute atomic E-state index is 0.109. The Bertz CT molecular complexity index is 1110. The molecule has 2 aromatic heterocycles. The zero-order valence-electron chi connectivity index (χ0n) is 14.3. The number of para-hydroxylation sites is 1. The van der Waals surface area contributed by atoms with Crippen LogP contribution in [-0.4, -0.2) is 15.7 Å². The highest BCUT2D eigenvalue weighted by Crippen LogP contribution is 2.34. The second-order valence-electron chi connectivity index (χ2n) is 6.08. The molecule has 0 aliphatic heterocycles. The molecule has 0 aliphatic rings. The van der Waals surface area contributed by atoms with Crippen LogP contribution in [0.4, 0.5) is 5.69 Å². The Labute approximate surface area is 160 Å². The van der Waals surface area contributed by atoms with Crippen LogP contribution in [0.15, 0.2) is 54.6 Å². The van der Waals surface area contributed by atoms with E-state index < -0.39 is 0 Å². The first-order chi connectivity index (χ1) is 12.5. The Balaban J connectivity index is 1.72. The van der Waals surface area contributed by atoms with Crippen LogP contribution in [0.25, 0.3) is 21.5 Å². The average molecular weight is 382 g/mol. The standard InChI is InChI=1S/C20H16ClN3OS/c1-12-5-3-4-6-16(12)22-19(25)17-11-15-18(23-24(2)20(15)26-17)13-7-9-14(21)10-8-13/h3-11H,1-2H3,(H,22,25). The Morgan fingerprint density at radius 3 is 2.62 bits per heavy atom. The summed E-state index contributed by atoms with van der Waals surface area (Å²) in [5.41, 5.74) is 3.69. The number of hydrogen-bond acceptors (Lipinski definition) is 3. The minimum Gasteiger partial charge on any atom is -0.321 e. The lowest BCUT2D eigenvalue weighted by Gasteiger charge is -2.06. The second-order valence-corrected chi connectivity index (χ2v) is 7.54. The van der Waals surface area contributed by atoms with Crippen LogP contribution < -0.4 is 5.32 Å². The number of fused-ring (bicyclic) bond motifs is 1. The van der Waals surface area contributed by atoms with Gasteiger partial charge in [-0.25, -0.2) is 0 Å². The van der Waals surface area contributed by atoms with E-state index in [1.54, 1.807) is 0 Å². The molecule has 0 saturated carbocycles. The molecule has 0 radical (unpaired) electrons. The summed E-state index contributed by atoms with van der Waals surface area (Å²) in [6.45, 7) is 1.98. The van der Waals surface area contributed by atoms with Gasteiger partial charge in [-0.05, 0) is 36.8 Å². The molecule has 0 saturated heterocycles. The predicted octanol–water partition coefficient (Wildman–Crippen LogP) is 5.52. The maximum absolute atomic E-state index is 12.7. The van der Waals surface area contributed by atoms with Gasteiger partial charge in [0.25, 0.3) is 5.91 Å². The Kier molecular flexibility index (Phi) is 4.26. The summed E-state index contributed by atoms with van der Waals surface area (Å²) in [7, 11) is 1.89. The first-order valence-electron chi connectivity index (χ1n) is 8.12. The molecule has 0 aliphatic carbocycles. The number of halogens is 1. The van der Waals surface area contributed by atoms with E-state index in [0.29, 0.717) is 9.90 Å². The van der Waals surface area contributed by atoms with Gasteiger partial charge in [0.15, 0.2) is 0 Å². The van der Waals surface area contributed by atoms with Gasteiger partial charge in [-0.1, -0.05) is 41.9 Å². The Hall–Kier alpha value is -2.63. The molecule has 1 amide bonds. The van der Waals surface area contributed by atoms with E-state index in [9.17, 15) is 4.79 Å². The summed E-state index contributed by atoms with van der Waals surface area (Å²) in [5, 5.41) is 9.24. The van der Waals surface area contributed by atoms with Crippen molar-refractivity contribution in [1.82, 2.24) is 9.78 Å². The second kappa shape index (κ2) is 6.59. The largest absolute Gasteiger partial charge is 0.321 e. The first kappa shape index (κ1) is 16.8. The number of carbonyl (C=O) groups is 1. The van der Waals surface area contributed by atoms with E-state index in [2.05, 4.69) is 10.4 Å². The summed E-state index contributed by atoms with van der Waals surface area (Å²) in [4.78, 5) is 14.3. The monoisotopic (exact) mass is 381 g/mol. The van der Waals surface area contributed by atoms with Gasteiger partial charge in [0, 0.05) is 28.7 Å². The maximum atomic E-state index is 12.7. The van der Waals surface area contributed by atoms with Crippen LogP contribution >= 0.6 is 22.9 Å². The van der Waals surface area contributed by atoms with Crippen molar-refractivity contribution in [2.45, 2.75) is 6.92 Å². The lowest BCUT2D eigenvalue weighted by molar-refractivity contribution is 0.103. The van der Waals surface area contributed by atoms with Crippen molar-refractivity contribution in [2.24, 2.45) is 7.05 Å². The van der Waals surface area contributed by atoms with E-state index in [4.69, 9.17) is 11.6 Å². The number of aromatic nitrogens is 2. The summed E-state index contributed by atoms with van der Waals surface area (Å²) >= 11 is 7.42. The predicted molar refractivity (Wildman–Crippen MR) is 108 cm³/mol.